The highest BCUT2D eigenvalue weighted by Gasteiger charge is 2.39. The van der Waals surface area contributed by atoms with Gasteiger partial charge in [0.1, 0.15) is 8.75 Å². The number of nitrogens with zero attached hydrogens (tertiary/aromatic N) is 2. The maximum Gasteiger partial charge on any atom is 0.133 e. The molecule has 0 fully saturated rings. The number of halogens is 2. The van der Waals surface area contributed by atoms with E-state index < -0.39 is 0 Å². The van der Waals surface area contributed by atoms with E-state index in [1.54, 1.807) is 0 Å². The molecule has 0 aromatic heterocycles. The largest absolute Gasteiger partial charge is 0.344 e. The van der Waals surface area contributed by atoms with Crippen molar-refractivity contribution in [2.24, 2.45) is 4.99 Å². The number of allylic oxidation sites excluding steroid dienone is 7. The summed E-state index contributed by atoms with van der Waals surface area (Å²) in [6.07, 6.45) is 18.3. The van der Waals surface area contributed by atoms with Crippen LogP contribution in [0.1, 0.15) is 109 Å². The number of benzene rings is 3. The van der Waals surface area contributed by atoms with Gasteiger partial charge < -0.3 is 4.90 Å². The van der Waals surface area contributed by atoms with Crippen molar-refractivity contribution in [3.8, 4) is 0 Å². The molecular formula is C49H58Br2N4S3. The van der Waals surface area contributed by atoms with Gasteiger partial charge in [-0.3, -0.25) is 15.8 Å². The molecule has 0 unspecified atom stereocenters. The minimum atomic E-state index is -0.305. The number of hydrogen-bond acceptors (Lipinski definition) is 7. The quantitative estimate of drug-likeness (QED) is 0.0905. The Morgan fingerprint density at radius 3 is 2.38 bits per heavy atom. The summed E-state index contributed by atoms with van der Waals surface area (Å²) in [5.41, 5.74) is 10.4. The van der Waals surface area contributed by atoms with E-state index in [9.17, 15) is 5.41 Å². The molecule has 0 atom stereocenters. The number of fused-ring (bicyclic) bond motifs is 1. The third-order valence-electron chi connectivity index (χ3n) is 10.9. The van der Waals surface area contributed by atoms with Gasteiger partial charge in [0.05, 0.1) is 0 Å². The fraction of sp³-hybridized carbons (Fsp3) is 0.367. The van der Waals surface area contributed by atoms with Gasteiger partial charge in [-0.2, -0.15) is 0 Å². The van der Waals surface area contributed by atoms with E-state index in [0.29, 0.717) is 14.5 Å². The van der Waals surface area contributed by atoms with Crippen LogP contribution in [0.5, 0.6) is 0 Å². The van der Waals surface area contributed by atoms with Crippen LogP contribution in [-0.2, 0) is 16.6 Å². The first-order valence-corrected chi connectivity index (χ1v) is 24.6. The predicted octanol–water partition coefficient (Wildman–Crippen LogP) is 16.0. The minimum absolute atomic E-state index is 0.166. The van der Waals surface area contributed by atoms with Crippen molar-refractivity contribution in [2.45, 2.75) is 103 Å². The molecule has 0 bridgehead atoms. The number of aliphatic imine (C=N–C) groups is 1. The van der Waals surface area contributed by atoms with Gasteiger partial charge in [-0.1, -0.05) is 171 Å². The van der Waals surface area contributed by atoms with Crippen LogP contribution in [-0.4, -0.2) is 27.6 Å². The topological polar surface area (TPSA) is 63.3 Å². The molecule has 1 heterocycles. The van der Waals surface area contributed by atoms with Crippen molar-refractivity contribution < 1.29 is 0 Å². The van der Waals surface area contributed by atoms with Gasteiger partial charge in [0.25, 0.3) is 0 Å². The second-order valence-corrected chi connectivity index (χ2v) is 21.2. The van der Waals surface area contributed by atoms with Gasteiger partial charge in [-0.05, 0) is 120 Å². The standard InChI is InChI=1S/C49H58Br2N4S3/c1-8-11-29-54-43(48(4,5)38-17-14-18-39(50)31-38)27-23-36-15-13-16-37(45(36)57-47(53)58-46(52)56-33-35-21-19-34(10-3)20-22-35)24-28-44-49(6,7)41-32-40(51)25-26-42(41)55(44)30-12-9-2/h10,14,17-28,31-32,52-53H,3,8-9,11-13,15-16,29-30,33H2,1-2,4-7H3/b27-23+,37-24+,44-28+,52-46?,53-47?,54-43+. The molecule has 0 saturated heterocycles. The van der Waals surface area contributed by atoms with Crippen molar-refractivity contribution in [1.82, 2.24) is 0 Å². The Morgan fingerprint density at radius 2 is 1.67 bits per heavy atom. The van der Waals surface area contributed by atoms with E-state index in [1.165, 1.54) is 68.9 Å². The van der Waals surface area contributed by atoms with Gasteiger partial charge in [-0.25, -0.2) is 0 Å². The van der Waals surface area contributed by atoms with Gasteiger partial charge in [0.2, 0.25) is 0 Å². The molecule has 2 N–H and O–H groups in total. The van der Waals surface area contributed by atoms with Crippen LogP contribution in [0.2, 0.25) is 0 Å². The summed E-state index contributed by atoms with van der Waals surface area (Å²) in [7, 11) is 0. The lowest BCUT2D eigenvalue weighted by molar-refractivity contribution is 0.624. The Balaban J connectivity index is 1.52. The number of hydrogen-bond donors (Lipinski definition) is 2. The van der Waals surface area contributed by atoms with Crippen LogP contribution in [0.3, 0.4) is 0 Å². The van der Waals surface area contributed by atoms with E-state index in [4.69, 9.17) is 10.4 Å². The van der Waals surface area contributed by atoms with Crippen molar-refractivity contribution in [3.05, 3.63) is 151 Å². The molecular weight excluding hydrogens is 901 g/mol. The molecule has 58 heavy (non-hydrogen) atoms. The summed E-state index contributed by atoms with van der Waals surface area (Å²) >= 11 is 11.7. The SMILES string of the molecule is C=Cc1ccc(CSC(=N)SC(=N)SC2=C(/C=C/C(=N\CCCC)C(C)(C)c3cccc(Br)c3)CCC/C2=C\C=C2\N(CCCC)c3ccc(Br)cc3C2(C)C)cc1. The third kappa shape index (κ3) is 11.9. The Hall–Kier alpha value is -2.82. The summed E-state index contributed by atoms with van der Waals surface area (Å²) in [6, 6.07) is 23.5. The smallest absolute Gasteiger partial charge is 0.133 e. The molecule has 2 aliphatic rings. The summed E-state index contributed by atoms with van der Waals surface area (Å²) < 4.78 is 3.00. The normalized spacial score (nSPS) is 17.1. The molecule has 0 radical (unpaired) electrons. The van der Waals surface area contributed by atoms with Gasteiger partial charge >= 0.3 is 0 Å². The Labute approximate surface area is 378 Å². The zero-order valence-corrected chi connectivity index (χ0v) is 40.5. The van der Waals surface area contributed by atoms with Crippen molar-refractivity contribution in [2.75, 3.05) is 18.0 Å². The average molecular weight is 959 g/mol. The lowest BCUT2D eigenvalue weighted by Crippen LogP contribution is -2.28. The van der Waals surface area contributed by atoms with E-state index in [1.807, 2.05) is 6.08 Å². The summed E-state index contributed by atoms with van der Waals surface area (Å²) in [5, 5.41) is 18.0. The van der Waals surface area contributed by atoms with E-state index in [-0.39, 0.29) is 10.8 Å². The number of rotatable bonds is 15. The Bertz CT molecular complexity index is 2120. The zero-order chi connectivity index (χ0) is 41.9. The molecule has 1 aliphatic heterocycles. The van der Waals surface area contributed by atoms with Crippen molar-refractivity contribution >= 4 is 93.4 Å². The second-order valence-electron chi connectivity index (χ2n) is 15.8. The molecule has 3 aromatic rings. The molecule has 0 spiro atoms. The number of thioether (sulfide) groups is 3. The molecule has 1 aliphatic carbocycles. The average Bonchev–Trinajstić information content (AvgIpc) is 3.41. The lowest BCUT2D eigenvalue weighted by Gasteiger charge is -2.28. The van der Waals surface area contributed by atoms with E-state index in [0.717, 1.165) is 88.7 Å². The van der Waals surface area contributed by atoms with E-state index >= 15 is 0 Å². The zero-order valence-electron chi connectivity index (χ0n) is 34.9. The molecule has 0 saturated carbocycles. The minimum Gasteiger partial charge on any atom is -0.344 e. The Morgan fingerprint density at radius 1 is 0.931 bits per heavy atom. The van der Waals surface area contributed by atoms with Crippen LogP contribution in [0, 0.1) is 10.8 Å². The van der Waals surface area contributed by atoms with Crippen molar-refractivity contribution in [1.29, 1.82) is 10.8 Å². The summed E-state index contributed by atoms with van der Waals surface area (Å²) in [6.45, 7) is 19.3. The fourth-order valence-electron chi connectivity index (χ4n) is 7.38. The molecule has 4 nitrogen and oxygen atoms in total. The highest BCUT2D eigenvalue weighted by molar-refractivity contribution is 9.10. The van der Waals surface area contributed by atoms with Crippen LogP contribution in [0.15, 0.2) is 133 Å². The first kappa shape index (κ1) is 46.2. The van der Waals surface area contributed by atoms with Gasteiger partial charge in [0, 0.05) is 60.6 Å². The molecule has 3 aromatic carbocycles. The van der Waals surface area contributed by atoms with Gasteiger partial charge in [-0.15, -0.1) is 0 Å². The maximum absolute atomic E-state index is 9.23. The van der Waals surface area contributed by atoms with Crippen molar-refractivity contribution in [3.63, 3.8) is 0 Å². The lowest BCUT2D eigenvalue weighted by atomic mass is 9.79. The van der Waals surface area contributed by atoms with Gasteiger partial charge in [0.15, 0.2) is 0 Å². The summed E-state index contributed by atoms with van der Waals surface area (Å²) in [5.74, 6) is 0.688. The number of anilines is 1. The van der Waals surface area contributed by atoms with Crippen LogP contribution >= 0.6 is 67.1 Å². The van der Waals surface area contributed by atoms with Crippen LogP contribution < -0.4 is 4.90 Å². The first-order valence-electron chi connectivity index (χ1n) is 20.4. The maximum atomic E-state index is 9.23. The fourth-order valence-corrected chi connectivity index (χ4v) is 11.1. The molecule has 9 heteroatoms. The number of unbranched alkanes of at least 4 members (excludes halogenated alkanes) is 2. The third-order valence-corrected chi connectivity index (χ3v) is 15.0. The van der Waals surface area contributed by atoms with Crippen LogP contribution in [0.4, 0.5) is 5.69 Å². The molecule has 306 valence electrons. The number of nitrogens with one attached hydrogen (secondary N) is 2. The monoisotopic (exact) mass is 956 g/mol. The first-order chi connectivity index (χ1) is 27.8. The highest BCUT2D eigenvalue weighted by atomic mass is 79.9. The highest BCUT2D eigenvalue weighted by Crippen LogP contribution is 2.49. The van der Waals surface area contributed by atoms with Crippen LogP contribution in [0.25, 0.3) is 6.08 Å². The second kappa shape index (κ2) is 21.6. The molecule has 0 amide bonds. The molecule has 5 rings (SSSR count). The Kier molecular flexibility index (Phi) is 17.2. The van der Waals surface area contributed by atoms with E-state index in [2.05, 4.69) is 176 Å². The predicted molar refractivity (Wildman–Crippen MR) is 268 cm³/mol. The summed E-state index contributed by atoms with van der Waals surface area (Å²) in [4.78, 5) is 8.85.